The van der Waals surface area contributed by atoms with Gasteiger partial charge in [0.2, 0.25) is 0 Å². The zero-order valence-electron chi connectivity index (χ0n) is 10.1. The highest BCUT2D eigenvalue weighted by atomic mass is 16.3. The van der Waals surface area contributed by atoms with Crippen molar-refractivity contribution in [2.75, 3.05) is 0 Å². The minimum atomic E-state index is -0.135. The molecule has 0 aromatic carbocycles. The van der Waals surface area contributed by atoms with E-state index in [-0.39, 0.29) is 11.5 Å². The van der Waals surface area contributed by atoms with Gasteiger partial charge in [0.05, 0.1) is 6.10 Å². The fraction of sp³-hybridized carbons (Fsp3) is 0.714. The quantitative estimate of drug-likeness (QED) is 0.653. The summed E-state index contributed by atoms with van der Waals surface area (Å²) in [5, 5.41) is 10.1. The van der Waals surface area contributed by atoms with Crippen LogP contribution in [0, 0.1) is 17.3 Å². The molecule has 1 saturated carbocycles. The van der Waals surface area contributed by atoms with Crippen LogP contribution in [0.15, 0.2) is 23.8 Å². The fourth-order valence-electron chi connectivity index (χ4n) is 3.49. The first-order valence-electron chi connectivity index (χ1n) is 5.98. The van der Waals surface area contributed by atoms with Crippen molar-refractivity contribution in [3.05, 3.63) is 23.8 Å². The van der Waals surface area contributed by atoms with Gasteiger partial charge in [-0.3, -0.25) is 0 Å². The average molecular weight is 206 g/mol. The Morgan fingerprint density at radius 2 is 2.27 bits per heavy atom. The van der Waals surface area contributed by atoms with Crippen LogP contribution in [0.2, 0.25) is 0 Å². The van der Waals surface area contributed by atoms with Gasteiger partial charge >= 0.3 is 0 Å². The molecule has 2 aliphatic carbocycles. The maximum atomic E-state index is 10.1. The number of allylic oxidation sites excluding steroid dienone is 2. The van der Waals surface area contributed by atoms with Gasteiger partial charge < -0.3 is 5.11 Å². The third kappa shape index (κ3) is 1.48. The molecule has 2 aliphatic rings. The molecule has 1 fully saturated rings. The van der Waals surface area contributed by atoms with Crippen molar-refractivity contribution in [2.45, 2.75) is 46.1 Å². The summed E-state index contributed by atoms with van der Waals surface area (Å²) in [4.78, 5) is 0. The Bertz CT molecular complexity index is 315. The van der Waals surface area contributed by atoms with Crippen LogP contribution in [0.25, 0.3) is 0 Å². The summed E-state index contributed by atoms with van der Waals surface area (Å²) in [7, 11) is 0. The molecule has 0 heterocycles. The second-order valence-corrected chi connectivity index (χ2v) is 5.60. The van der Waals surface area contributed by atoms with Crippen LogP contribution >= 0.6 is 0 Å². The first kappa shape index (κ1) is 10.9. The molecule has 0 radical (unpaired) electrons. The Morgan fingerprint density at radius 1 is 1.60 bits per heavy atom. The highest BCUT2D eigenvalue weighted by molar-refractivity contribution is 5.24. The maximum Gasteiger partial charge on any atom is 0.0608 e. The lowest BCUT2D eigenvalue weighted by Crippen LogP contribution is -2.45. The second-order valence-electron chi connectivity index (χ2n) is 5.60. The molecule has 0 aromatic rings. The molecule has 1 N–H and O–H groups in total. The van der Waals surface area contributed by atoms with Gasteiger partial charge in [-0.15, -0.1) is 0 Å². The molecular formula is C14H22O. The third-order valence-corrected chi connectivity index (χ3v) is 4.81. The zero-order chi connectivity index (χ0) is 11.2. The number of fused-ring (bicyclic) bond motifs is 2. The predicted molar refractivity (Wildman–Crippen MR) is 63.5 cm³/mol. The largest absolute Gasteiger partial charge is 0.392 e. The third-order valence-electron chi connectivity index (χ3n) is 4.81. The number of aliphatic hydroxyl groups excluding tert-OH is 1. The fourth-order valence-corrected chi connectivity index (χ4v) is 3.49. The second kappa shape index (κ2) is 3.48. The number of hydrogen-bond donors (Lipinski definition) is 1. The topological polar surface area (TPSA) is 20.2 Å². The summed E-state index contributed by atoms with van der Waals surface area (Å²) in [5.74, 6) is 0.942. The average Bonchev–Trinajstić information content (AvgIpc) is 2.16. The standard InChI is InChI=1S/C14H22O/c1-9(2)14-6-5-10(3)12(8-14)13(15)7-11(14)4/h5,11-13,15H,1,6-8H2,2-4H3/t11-,12+,13-,14-/m1/s1. The molecule has 0 saturated heterocycles. The van der Waals surface area contributed by atoms with Crippen LogP contribution in [-0.2, 0) is 0 Å². The zero-order valence-corrected chi connectivity index (χ0v) is 10.1. The Balaban J connectivity index is 2.39. The molecule has 1 nitrogen and oxygen atoms in total. The van der Waals surface area contributed by atoms with Gasteiger partial charge in [0, 0.05) is 5.92 Å². The summed E-state index contributed by atoms with van der Waals surface area (Å²) in [6, 6.07) is 0. The molecule has 4 atom stereocenters. The van der Waals surface area contributed by atoms with Crippen molar-refractivity contribution < 1.29 is 5.11 Å². The first-order valence-corrected chi connectivity index (χ1v) is 5.98. The van der Waals surface area contributed by atoms with Crippen LogP contribution in [0.1, 0.15) is 40.0 Å². The monoisotopic (exact) mass is 206 g/mol. The van der Waals surface area contributed by atoms with E-state index in [9.17, 15) is 5.11 Å². The smallest absolute Gasteiger partial charge is 0.0608 e. The minimum Gasteiger partial charge on any atom is -0.392 e. The Kier molecular flexibility index (Phi) is 2.54. The van der Waals surface area contributed by atoms with E-state index in [0.717, 1.165) is 19.3 Å². The lowest BCUT2D eigenvalue weighted by atomic mass is 9.54. The highest BCUT2D eigenvalue weighted by Gasteiger charge is 2.47. The maximum absolute atomic E-state index is 10.1. The molecule has 84 valence electrons. The van der Waals surface area contributed by atoms with Crippen molar-refractivity contribution >= 4 is 0 Å². The lowest BCUT2D eigenvalue weighted by Gasteiger charge is -2.51. The van der Waals surface area contributed by atoms with Crippen LogP contribution in [0.4, 0.5) is 0 Å². The molecule has 0 aliphatic heterocycles. The molecule has 15 heavy (non-hydrogen) atoms. The van der Waals surface area contributed by atoms with E-state index in [1.54, 1.807) is 0 Å². The molecule has 2 rings (SSSR count). The number of rotatable bonds is 1. The molecule has 0 aromatic heterocycles. The Morgan fingerprint density at radius 3 is 2.87 bits per heavy atom. The van der Waals surface area contributed by atoms with E-state index in [1.807, 2.05) is 0 Å². The highest BCUT2D eigenvalue weighted by Crippen LogP contribution is 2.55. The molecule has 1 heteroatoms. The van der Waals surface area contributed by atoms with Gasteiger partial charge in [-0.2, -0.15) is 0 Å². The summed E-state index contributed by atoms with van der Waals surface area (Å²) in [6.07, 6.45) is 5.35. The van der Waals surface area contributed by atoms with Gasteiger partial charge in [0.15, 0.2) is 0 Å². The van der Waals surface area contributed by atoms with Gasteiger partial charge in [-0.05, 0) is 44.4 Å². The molecular weight excluding hydrogens is 184 g/mol. The molecule has 2 bridgehead atoms. The summed E-state index contributed by atoms with van der Waals surface area (Å²) >= 11 is 0. The van der Waals surface area contributed by atoms with Gasteiger partial charge in [-0.25, -0.2) is 0 Å². The summed E-state index contributed by atoms with van der Waals surface area (Å²) in [5.41, 5.74) is 2.95. The van der Waals surface area contributed by atoms with E-state index < -0.39 is 0 Å². The van der Waals surface area contributed by atoms with Crippen molar-refractivity contribution in [1.29, 1.82) is 0 Å². The van der Waals surface area contributed by atoms with Crippen molar-refractivity contribution in [3.8, 4) is 0 Å². The number of hydrogen-bond acceptors (Lipinski definition) is 1. The first-order chi connectivity index (χ1) is 6.97. The van der Waals surface area contributed by atoms with Crippen molar-refractivity contribution in [3.63, 3.8) is 0 Å². The van der Waals surface area contributed by atoms with Gasteiger partial charge in [0.1, 0.15) is 0 Å². The predicted octanol–water partition coefficient (Wildman–Crippen LogP) is 3.31. The Labute approximate surface area is 92.9 Å². The minimum absolute atomic E-state index is 0.135. The van der Waals surface area contributed by atoms with Crippen LogP contribution in [0.5, 0.6) is 0 Å². The summed E-state index contributed by atoms with van der Waals surface area (Å²) in [6.45, 7) is 10.8. The van der Waals surface area contributed by atoms with Gasteiger partial charge in [-0.1, -0.05) is 30.7 Å². The summed E-state index contributed by atoms with van der Waals surface area (Å²) < 4.78 is 0. The van der Waals surface area contributed by atoms with Crippen LogP contribution in [0.3, 0.4) is 0 Å². The normalized spacial score (nSPS) is 44.8. The van der Waals surface area contributed by atoms with Crippen molar-refractivity contribution in [1.82, 2.24) is 0 Å². The van der Waals surface area contributed by atoms with Crippen molar-refractivity contribution in [2.24, 2.45) is 17.3 Å². The lowest BCUT2D eigenvalue weighted by molar-refractivity contribution is -0.00600. The van der Waals surface area contributed by atoms with E-state index in [0.29, 0.717) is 11.8 Å². The molecule has 0 spiro atoms. The SMILES string of the molecule is C=C(C)[C@@]12CC=C(C)[C@H](C1)[C@H](O)C[C@H]2C. The molecule has 0 amide bonds. The van der Waals surface area contributed by atoms with Crippen LogP contribution < -0.4 is 0 Å². The van der Waals surface area contributed by atoms with E-state index in [1.165, 1.54) is 11.1 Å². The van der Waals surface area contributed by atoms with E-state index in [2.05, 4.69) is 33.4 Å². The van der Waals surface area contributed by atoms with E-state index >= 15 is 0 Å². The van der Waals surface area contributed by atoms with Gasteiger partial charge in [0.25, 0.3) is 0 Å². The van der Waals surface area contributed by atoms with Crippen LogP contribution in [-0.4, -0.2) is 11.2 Å². The Hall–Kier alpha value is -0.560. The molecule has 0 unspecified atom stereocenters. The number of aliphatic hydroxyl groups is 1. The van der Waals surface area contributed by atoms with E-state index in [4.69, 9.17) is 0 Å².